The van der Waals surface area contributed by atoms with Crippen LogP contribution in [-0.2, 0) is 25.2 Å². The molecule has 0 aliphatic carbocycles. The first-order valence-electron chi connectivity index (χ1n) is 12.3. The average Bonchev–Trinajstić information content (AvgIpc) is 2.69. The maximum atomic E-state index is 11.0. The van der Waals surface area contributed by atoms with Gasteiger partial charge in [0.25, 0.3) is 0 Å². The summed E-state index contributed by atoms with van der Waals surface area (Å²) in [6.45, 7) is 18.3. The standard InChI is InChI=1S/C27H44O5Si/c1-8-22-17-26(5,28)20-27(30-22)18-24(32-33(6,7)25(2,3)4)16-23(31-27)14-15-29-19-21-12-10-9-11-13-21/h8-13,22-24,28H,1,14-20H2,2-7H3/t22-,23-,24?,26-,27-/m0/s1. The van der Waals surface area contributed by atoms with Crippen LogP contribution in [-0.4, -0.2) is 49.7 Å². The molecule has 5 nitrogen and oxygen atoms in total. The summed E-state index contributed by atoms with van der Waals surface area (Å²) in [5, 5.41) is 11.1. The third-order valence-corrected chi connectivity index (χ3v) is 11.9. The molecule has 1 N–H and O–H groups in total. The van der Waals surface area contributed by atoms with Crippen LogP contribution < -0.4 is 0 Å². The number of benzene rings is 1. The van der Waals surface area contributed by atoms with E-state index in [9.17, 15) is 5.11 Å². The summed E-state index contributed by atoms with van der Waals surface area (Å²) in [5.74, 6) is -0.865. The van der Waals surface area contributed by atoms with E-state index < -0.39 is 19.7 Å². The number of hydrogen-bond acceptors (Lipinski definition) is 5. The normalized spacial score (nSPS) is 33.2. The van der Waals surface area contributed by atoms with Crippen LogP contribution in [0.4, 0.5) is 0 Å². The first-order chi connectivity index (χ1) is 15.3. The predicted octanol–water partition coefficient (Wildman–Crippen LogP) is 5.98. The molecule has 6 heteroatoms. The summed E-state index contributed by atoms with van der Waals surface area (Å²) in [6.07, 6.45) is 4.67. The van der Waals surface area contributed by atoms with Crippen LogP contribution in [0.15, 0.2) is 43.0 Å². The predicted molar refractivity (Wildman–Crippen MR) is 135 cm³/mol. The van der Waals surface area contributed by atoms with Crippen molar-refractivity contribution in [2.24, 2.45) is 0 Å². The maximum absolute atomic E-state index is 11.0. The van der Waals surface area contributed by atoms with Crippen molar-refractivity contribution in [1.82, 2.24) is 0 Å². The van der Waals surface area contributed by atoms with E-state index in [1.165, 1.54) is 0 Å². The second kappa shape index (κ2) is 10.3. The van der Waals surface area contributed by atoms with Crippen LogP contribution in [0.3, 0.4) is 0 Å². The largest absolute Gasteiger partial charge is 0.414 e. The summed E-state index contributed by atoms with van der Waals surface area (Å²) in [4.78, 5) is 0. The van der Waals surface area contributed by atoms with E-state index in [4.69, 9.17) is 18.6 Å². The van der Waals surface area contributed by atoms with Gasteiger partial charge in [-0.05, 0) is 43.5 Å². The van der Waals surface area contributed by atoms with Gasteiger partial charge < -0.3 is 23.7 Å². The lowest BCUT2D eigenvalue weighted by Crippen LogP contribution is -2.59. The second-order valence-corrected chi connectivity index (χ2v) is 16.4. The van der Waals surface area contributed by atoms with Crippen LogP contribution in [0, 0.1) is 0 Å². The van der Waals surface area contributed by atoms with Gasteiger partial charge in [0.05, 0.1) is 30.5 Å². The van der Waals surface area contributed by atoms with Crippen LogP contribution in [0.25, 0.3) is 0 Å². The Morgan fingerprint density at radius 2 is 1.88 bits per heavy atom. The molecule has 0 bridgehead atoms. The highest BCUT2D eigenvalue weighted by atomic mass is 28.4. The van der Waals surface area contributed by atoms with Crippen molar-refractivity contribution in [1.29, 1.82) is 0 Å². The van der Waals surface area contributed by atoms with Crippen LogP contribution in [0.5, 0.6) is 0 Å². The maximum Gasteiger partial charge on any atom is 0.192 e. The Balaban J connectivity index is 1.71. The van der Waals surface area contributed by atoms with Crippen LogP contribution in [0.1, 0.15) is 65.4 Å². The van der Waals surface area contributed by atoms with Gasteiger partial charge in [0.2, 0.25) is 0 Å². The molecular formula is C27H44O5Si. The number of aliphatic hydroxyl groups is 1. The molecule has 2 fully saturated rings. The van der Waals surface area contributed by atoms with Gasteiger partial charge in [-0.25, -0.2) is 0 Å². The minimum Gasteiger partial charge on any atom is -0.414 e. The SMILES string of the molecule is C=C[C@H]1C[C@](C)(O)C[C@@]2(CC(O[Si](C)(C)C(C)(C)C)C[C@H](CCOCc3ccccc3)O2)O1. The van der Waals surface area contributed by atoms with Gasteiger partial charge in [0.1, 0.15) is 0 Å². The average molecular weight is 477 g/mol. The molecule has 2 aliphatic rings. The van der Waals surface area contributed by atoms with E-state index in [0.29, 0.717) is 32.5 Å². The zero-order chi connectivity index (χ0) is 24.3. The van der Waals surface area contributed by atoms with E-state index in [1.807, 2.05) is 25.1 Å². The van der Waals surface area contributed by atoms with Crippen molar-refractivity contribution in [3.8, 4) is 0 Å². The van der Waals surface area contributed by atoms with Crippen molar-refractivity contribution < 1.29 is 23.7 Å². The lowest BCUT2D eigenvalue weighted by molar-refractivity contribution is -0.343. The smallest absolute Gasteiger partial charge is 0.192 e. The fourth-order valence-corrected chi connectivity index (χ4v) is 6.10. The first-order valence-corrected chi connectivity index (χ1v) is 15.2. The van der Waals surface area contributed by atoms with Crippen molar-refractivity contribution in [3.63, 3.8) is 0 Å². The third kappa shape index (κ3) is 7.23. The van der Waals surface area contributed by atoms with E-state index in [0.717, 1.165) is 18.4 Å². The zero-order valence-electron chi connectivity index (χ0n) is 21.4. The lowest BCUT2D eigenvalue weighted by atomic mass is 9.82. The summed E-state index contributed by atoms with van der Waals surface area (Å²) >= 11 is 0. The Morgan fingerprint density at radius 1 is 1.18 bits per heavy atom. The topological polar surface area (TPSA) is 57.2 Å². The Bertz CT molecular complexity index is 772. The molecule has 33 heavy (non-hydrogen) atoms. The quantitative estimate of drug-likeness (QED) is 0.284. The van der Waals surface area contributed by atoms with Crippen LogP contribution in [0.2, 0.25) is 18.1 Å². The van der Waals surface area contributed by atoms with Gasteiger partial charge >= 0.3 is 0 Å². The minimum atomic E-state index is -1.97. The molecular weight excluding hydrogens is 432 g/mol. The molecule has 0 saturated carbocycles. The zero-order valence-corrected chi connectivity index (χ0v) is 22.4. The summed E-state index contributed by atoms with van der Waals surface area (Å²) in [6, 6.07) is 10.2. The highest BCUT2D eigenvalue weighted by Crippen LogP contribution is 2.46. The Labute approximate surface area is 201 Å². The first kappa shape index (κ1) is 26.6. The van der Waals surface area contributed by atoms with Crippen molar-refractivity contribution in [3.05, 3.63) is 48.6 Å². The van der Waals surface area contributed by atoms with Gasteiger partial charge in [-0.15, -0.1) is 6.58 Å². The van der Waals surface area contributed by atoms with Gasteiger partial charge in [0, 0.05) is 25.9 Å². The van der Waals surface area contributed by atoms with E-state index in [-0.39, 0.29) is 23.4 Å². The second-order valence-electron chi connectivity index (χ2n) is 11.7. The van der Waals surface area contributed by atoms with Crippen molar-refractivity contribution >= 4 is 8.32 Å². The number of ether oxygens (including phenoxy) is 3. The van der Waals surface area contributed by atoms with Crippen LogP contribution >= 0.6 is 0 Å². The molecule has 0 aromatic heterocycles. The van der Waals surface area contributed by atoms with E-state index in [1.54, 1.807) is 6.08 Å². The molecule has 3 rings (SSSR count). The highest BCUT2D eigenvalue weighted by molar-refractivity contribution is 6.74. The summed E-state index contributed by atoms with van der Waals surface area (Å²) in [7, 11) is -1.97. The monoisotopic (exact) mass is 476 g/mol. The number of rotatable bonds is 8. The third-order valence-electron chi connectivity index (χ3n) is 7.33. The van der Waals surface area contributed by atoms with E-state index >= 15 is 0 Å². The Kier molecular flexibility index (Phi) is 8.30. The van der Waals surface area contributed by atoms with Crippen molar-refractivity contribution in [2.45, 2.75) is 114 Å². The fraction of sp³-hybridized carbons (Fsp3) is 0.704. The molecule has 1 aromatic rings. The van der Waals surface area contributed by atoms with Gasteiger partial charge in [-0.2, -0.15) is 0 Å². The molecule has 2 saturated heterocycles. The minimum absolute atomic E-state index is 0.0260. The summed E-state index contributed by atoms with van der Waals surface area (Å²) in [5.41, 5.74) is 0.294. The Morgan fingerprint density at radius 3 is 2.52 bits per heavy atom. The molecule has 186 valence electrons. The van der Waals surface area contributed by atoms with Gasteiger partial charge in [-0.1, -0.05) is 57.2 Å². The molecule has 0 amide bonds. The lowest BCUT2D eigenvalue weighted by Gasteiger charge is -2.53. The fourth-order valence-electron chi connectivity index (χ4n) is 4.73. The van der Waals surface area contributed by atoms with E-state index in [2.05, 4.69) is 52.6 Å². The van der Waals surface area contributed by atoms with Gasteiger partial charge in [-0.3, -0.25) is 0 Å². The summed E-state index contributed by atoms with van der Waals surface area (Å²) < 4.78 is 25.8. The molecule has 1 spiro atoms. The molecule has 0 radical (unpaired) electrons. The molecule has 2 aliphatic heterocycles. The molecule has 5 atom stereocenters. The highest BCUT2D eigenvalue weighted by Gasteiger charge is 2.53. The molecule has 1 unspecified atom stereocenters. The van der Waals surface area contributed by atoms with Gasteiger partial charge in [0.15, 0.2) is 14.1 Å². The van der Waals surface area contributed by atoms with Crippen molar-refractivity contribution in [2.75, 3.05) is 6.61 Å². The number of hydrogen-bond donors (Lipinski definition) is 1. The molecule has 2 heterocycles. The Hall–Kier alpha value is -1.02. The molecule has 1 aromatic carbocycles.